The Kier molecular flexibility index (Phi) is 8.02. The van der Waals surface area contributed by atoms with Gasteiger partial charge in [-0.3, -0.25) is 4.79 Å². The summed E-state index contributed by atoms with van der Waals surface area (Å²) in [7, 11) is -0.557. The van der Waals surface area contributed by atoms with Crippen LogP contribution in [0.1, 0.15) is 19.3 Å². The summed E-state index contributed by atoms with van der Waals surface area (Å²) in [5, 5.41) is 0. The Labute approximate surface area is 155 Å². The molecule has 1 aromatic carbocycles. The standard InChI is InChI=1S/C18H28N2O5S/c1-24-14-12-19(13-15-25-2)18(21)17-10-6-7-11-20(17)26(22,23)16-8-4-3-5-9-16/h3-5,8-9,17H,6-7,10-15H2,1-2H3. The average molecular weight is 384 g/mol. The van der Waals surface area contributed by atoms with E-state index in [-0.39, 0.29) is 10.8 Å². The zero-order chi connectivity index (χ0) is 19.0. The van der Waals surface area contributed by atoms with Crippen LogP contribution in [-0.2, 0) is 24.3 Å². The fraction of sp³-hybridized carbons (Fsp3) is 0.611. The number of ether oxygens (including phenoxy) is 2. The molecule has 2 rings (SSSR count). The Morgan fingerprint density at radius 3 is 2.31 bits per heavy atom. The smallest absolute Gasteiger partial charge is 0.243 e. The van der Waals surface area contributed by atoms with Crippen molar-refractivity contribution in [1.29, 1.82) is 0 Å². The van der Waals surface area contributed by atoms with Crippen molar-refractivity contribution in [2.24, 2.45) is 0 Å². The van der Waals surface area contributed by atoms with Crippen LogP contribution in [0.5, 0.6) is 0 Å². The third kappa shape index (κ3) is 5.03. The fourth-order valence-electron chi connectivity index (χ4n) is 3.11. The first-order chi connectivity index (χ1) is 12.5. The van der Waals surface area contributed by atoms with E-state index >= 15 is 0 Å². The zero-order valence-corrected chi connectivity index (χ0v) is 16.3. The van der Waals surface area contributed by atoms with Crippen LogP contribution in [0.25, 0.3) is 0 Å². The van der Waals surface area contributed by atoms with Crippen molar-refractivity contribution in [3.8, 4) is 0 Å². The van der Waals surface area contributed by atoms with Crippen LogP contribution < -0.4 is 0 Å². The van der Waals surface area contributed by atoms with Crippen LogP contribution in [-0.4, -0.2) is 76.6 Å². The van der Waals surface area contributed by atoms with E-state index in [2.05, 4.69) is 0 Å². The molecule has 0 saturated carbocycles. The van der Waals surface area contributed by atoms with Gasteiger partial charge in [0.1, 0.15) is 6.04 Å². The van der Waals surface area contributed by atoms with E-state index in [0.717, 1.165) is 12.8 Å². The summed E-state index contributed by atoms with van der Waals surface area (Å²) in [6.45, 7) is 1.97. The molecular weight excluding hydrogens is 356 g/mol. The lowest BCUT2D eigenvalue weighted by molar-refractivity contribution is -0.137. The van der Waals surface area contributed by atoms with Gasteiger partial charge in [0.15, 0.2) is 0 Å². The number of methoxy groups -OCH3 is 2. The molecule has 146 valence electrons. The number of rotatable bonds is 9. The highest BCUT2D eigenvalue weighted by molar-refractivity contribution is 7.89. The summed E-state index contributed by atoms with van der Waals surface area (Å²) < 4.78 is 37.7. The van der Waals surface area contributed by atoms with Crippen LogP contribution in [0.4, 0.5) is 0 Å². The molecule has 0 aromatic heterocycles. The number of piperidine rings is 1. The highest BCUT2D eigenvalue weighted by Crippen LogP contribution is 2.26. The molecular formula is C18H28N2O5S. The average Bonchev–Trinajstić information content (AvgIpc) is 2.68. The maximum atomic E-state index is 13.1. The van der Waals surface area contributed by atoms with Crippen LogP contribution in [0.3, 0.4) is 0 Å². The lowest BCUT2D eigenvalue weighted by atomic mass is 10.0. The van der Waals surface area contributed by atoms with Gasteiger partial charge in [0.2, 0.25) is 15.9 Å². The summed E-state index contributed by atoms with van der Waals surface area (Å²) in [5.74, 6) is -0.182. The molecule has 1 aromatic rings. The monoisotopic (exact) mass is 384 g/mol. The second kappa shape index (κ2) is 10.0. The van der Waals surface area contributed by atoms with Gasteiger partial charge in [0.05, 0.1) is 18.1 Å². The molecule has 0 aliphatic carbocycles. The van der Waals surface area contributed by atoms with Crippen molar-refractivity contribution in [3.05, 3.63) is 30.3 Å². The minimum atomic E-state index is -3.71. The normalized spacial score (nSPS) is 18.6. The van der Waals surface area contributed by atoms with Crippen molar-refractivity contribution in [1.82, 2.24) is 9.21 Å². The Hall–Kier alpha value is -1.48. The SMILES string of the molecule is COCCN(CCOC)C(=O)C1CCCCN1S(=O)(=O)c1ccccc1. The second-order valence-electron chi connectivity index (χ2n) is 6.25. The molecule has 0 bridgehead atoms. The lowest BCUT2D eigenvalue weighted by Gasteiger charge is -2.36. The lowest BCUT2D eigenvalue weighted by Crippen LogP contribution is -2.54. The molecule has 1 unspecified atom stereocenters. The van der Waals surface area contributed by atoms with Gasteiger partial charge in [-0.05, 0) is 25.0 Å². The van der Waals surface area contributed by atoms with Crippen molar-refractivity contribution in [2.45, 2.75) is 30.2 Å². The summed E-state index contributed by atoms with van der Waals surface area (Å²) in [4.78, 5) is 15.0. The Morgan fingerprint density at radius 1 is 1.12 bits per heavy atom. The van der Waals surface area contributed by atoms with E-state index in [0.29, 0.717) is 39.3 Å². The van der Waals surface area contributed by atoms with Crippen LogP contribution in [0.15, 0.2) is 35.2 Å². The van der Waals surface area contributed by atoms with Gasteiger partial charge in [-0.1, -0.05) is 24.6 Å². The zero-order valence-electron chi connectivity index (χ0n) is 15.5. The number of hydrogen-bond acceptors (Lipinski definition) is 5. The van der Waals surface area contributed by atoms with E-state index in [9.17, 15) is 13.2 Å². The Balaban J connectivity index is 2.24. The molecule has 1 saturated heterocycles. The number of amides is 1. The third-order valence-corrected chi connectivity index (χ3v) is 6.45. The van der Waals surface area contributed by atoms with E-state index < -0.39 is 16.1 Å². The van der Waals surface area contributed by atoms with E-state index in [4.69, 9.17) is 9.47 Å². The van der Waals surface area contributed by atoms with Crippen molar-refractivity contribution in [2.75, 3.05) is 47.1 Å². The predicted octanol–water partition coefficient (Wildman–Crippen LogP) is 1.35. The summed E-state index contributed by atoms with van der Waals surface area (Å²) in [5.41, 5.74) is 0. The van der Waals surface area contributed by atoms with Gasteiger partial charge >= 0.3 is 0 Å². The maximum absolute atomic E-state index is 13.1. The molecule has 0 spiro atoms. The quantitative estimate of drug-likeness (QED) is 0.642. The molecule has 1 aliphatic heterocycles. The highest BCUT2D eigenvalue weighted by Gasteiger charge is 2.39. The first-order valence-corrected chi connectivity index (χ1v) is 10.3. The molecule has 0 N–H and O–H groups in total. The van der Waals surface area contributed by atoms with Gasteiger partial charge in [-0.2, -0.15) is 4.31 Å². The largest absolute Gasteiger partial charge is 0.383 e. The Morgan fingerprint density at radius 2 is 1.73 bits per heavy atom. The number of nitrogens with zero attached hydrogens (tertiary/aromatic N) is 2. The van der Waals surface area contributed by atoms with Crippen molar-refractivity contribution < 1.29 is 22.7 Å². The molecule has 7 nitrogen and oxygen atoms in total. The molecule has 1 atom stereocenters. The number of sulfonamides is 1. The summed E-state index contributed by atoms with van der Waals surface area (Å²) >= 11 is 0. The van der Waals surface area contributed by atoms with Crippen LogP contribution >= 0.6 is 0 Å². The molecule has 1 amide bonds. The molecule has 1 heterocycles. The minimum Gasteiger partial charge on any atom is -0.383 e. The molecule has 8 heteroatoms. The predicted molar refractivity (Wildman–Crippen MR) is 98.3 cm³/mol. The number of benzene rings is 1. The number of carbonyl (C=O) groups excluding carboxylic acids is 1. The molecule has 1 fully saturated rings. The maximum Gasteiger partial charge on any atom is 0.243 e. The first kappa shape index (κ1) is 20.8. The van der Waals surface area contributed by atoms with Gasteiger partial charge < -0.3 is 14.4 Å². The Bertz CT molecular complexity index is 657. The topological polar surface area (TPSA) is 76.2 Å². The van der Waals surface area contributed by atoms with Gasteiger partial charge in [0, 0.05) is 33.9 Å². The minimum absolute atomic E-state index is 0.182. The van der Waals surface area contributed by atoms with E-state index in [1.165, 1.54) is 4.31 Å². The van der Waals surface area contributed by atoms with E-state index in [1.807, 2.05) is 0 Å². The van der Waals surface area contributed by atoms with E-state index in [1.54, 1.807) is 49.5 Å². The second-order valence-corrected chi connectivity index (χ2v) is 8.14. The van der Waals surface area contributed by atoms with Crippen LogP contribution in [0.2, 0.25) is 0 Å². The van der Waals surface area contributed by atoms with Gasteiger partial charge in [-0.25, -0.2) is 8.42 Å². The van der Waals surface area contributed by atoms with Gasteiger partial charge in [-0.15, -0.1) is 0 Å². The van der Waals surface area contributed by atoms with Crippen LogP contribution in [0, 0.1) is 0 Å². The van der Waals surface area contributed by atoms with Gasteiger partial charge in [0.25, 0.3) is 0 Å². The molecule has 0 radical (unpaired) electrons. The first-order valence-electron chi connectivity index (χ1n) is 8.86. The molecule has 1 aliphatic rings. The molecule has 26 heavy (non-hydrogen) atoms. The summed E-state index contributed by atoms with van der Waals surface area (Å²) in [6, 6.07) is 7.62. The van der Waals surface area contributed by atoms with Crippen molar-refractivity contribution >= 4 is 15.9 Å². The fourth-order valence-corrected chi connectivity index (χ4v) is 4.79. The number of hydrogen-bond donors (Lipinski definition) is 0. The van der Waals surface area contributed by atoms with Crippen molar-refractivity contribution in [3.63, 3.8) is 0 Å². The summed E-state index contributed by atoms with van der Waals surface area (Å²) in [6.07, 6.45) is 2.12. The third-order valence-electron chi connectivity index (χ3n) is 4.53. The highest BCUT2D eigenvalue weighted by atomic mass is 32.2. The number of carbonyl (C=O) groups is 1.